The lowest BCUT2D eigenvalue weighted by Gasteiger charge is -2.07. The van der Waals surface area contributed by atoms with Gasteiger partial charge in [0.25, 0.3) is 0 Å². The summed E-state index contributed by atoms with van der Waals surface area (Å²) in [6.07, 6.45) is 0.623. The summed E-state index contributed by atoms with van der Waals surface area (Å²) in [4.78, 5) is 16.3. The Hall–Kier alpha value is -2.69. The van der Waals surface area contributed by atoms with Crippen LogP contribution in [0.1, 0.15) is 17.9 Å². The van der Waals surface area contributed by atoms with Gasteiger partial charge < -0.3 is 9.73 Å². The number of fused-ring (bicyclic) bond motifs is 1. The van der Waals surface area contributed by atoms with Crippen LogP contribution in [0.4, 0.5) is 10.1 Å². The molecule has 22 heavy (non-hydrogen) atoms. The van der Waals surface area contributed by atoms with Gasteiger partial charge in [-0.25, -0.2) is 9.37 Å². The maximum absolute atomic E-state index is 13.2. The number of hydrogen-bond donors (Lipinski definition) is 1. The highest BCUT2D eigenvalue weighted by Gasteiger charge is 2.10. The Morgan fingerprint density at radius 3 is 2.91 bits per heavy atom. The van der Waals surface area contributed by atoms with E-state index in [0.717, 1.165) is 11.1 Å². The molecule has 3 rings (SSSR count). The first-order chi connectivity index (χ1) is 10.6. The predicted molar refractivity (Wildman–Crippen MR) is 82.1 cm³/mol. The first kappa shape index (κ1) is 14.3. The first-order valence-corrected chi connectivity index (χ1v) is 7.02. The topological polar surface area (TPSA) is 55.1 Å². The van der Waals surface area contributed by atoms with Gasteiger partial charge in [-0.15, -0.1) is 0 Å². The molecule has 3 aromatic rings. The zero-order valence-corrected chi connectivity index (χ0v) is 12.1. The molecule has 1 heterocycles. The van der Waals surface area contributed by atoms with Crippen molar-refractivity contribution in [2.24, 2.45) is 0 Å². The van der Waals surface area contributed by atoms with Gasteiger partial charge in [-0.2, -0.15) is 0 Å². The molecule has 0 atom stereocenters. The molecule has 0 aliphatic rings. The van der Waals surface area contributed by atoms with Crippen molar-refractivity contribution in [1.82, 2.24) is 4.98 Å². The molecule has 0 saturated heterocycles. The van der Waals surface area contributed by atoms with Crippen LogP contribution in [0.2, 0.25) is 0 Å². The Morgan fingerprint density at radius 2 is 2.09 bits per heavy atom. The minimum Gasteiger partial charge on any atom is -0.441 e. The largest absolute Gasteiger partial charge is 0.441 e. The van der Waals surface area contributed by atoms with E-state index in [4.69, 9.17) is 4.42 Å². The molecule has 0 fully saturated rings. The molecule has 0 bridgehead atoms. The number of para-hydroxylation sites is 2. The van der Waals surface area contributed by atoms with Crippen LogP contribution >= 0.6 is 0 Å². The number of aromatic nitrogens is 1. The number of benzene rings is 2. The minimum atomic E-state index is -0.375. The zero-order valence-electron chi connectivity index (χ0n) is 12.1. The Balaban J connectivity index is 1.63. The summed E-state index contributed by atoms with van der Waals surface area (Å²) in [5, 5.41) is 2.71. The van der Waals surface area contributed by atoms with E-state index >= 15 is 0 Å². The molecule has 0 radical (unpaired) electrons. The van der Waals surface area contributed by atoms with Gasteiger partial charge in [-0.1, -0.05) is 18.2 Å². The monoisotopic (exact) mass is 298 g/mol. The molecular weight excluding hydrogens is 283 g/mol. The molecule has 0 saturated carbocycles. The van der Waals surface area contributed by atoms with Crippen molar-refractivity contribution in [1.29, 1.82) is 0 Å². The van der Waals surface area contributed by atoms with Gasteiger partial charge in [-0.3, -0.25) is 4.79 Å². The van der Waals surface area contributed by atoms with Gasteiger partial charge in [0.15, 0.2) is 11.5 Å². The minimum absolute atomic E-state index is 0.198. The molecule has 2 aromatic carbocycles. The number of carbonyl (C=O) groups is 1. The summed E-state index contributed by atoms with van der Waals surface area (Å²) in [6, 6.07) is 11.8. The van der Waals surface area contributed by atoms with E-state index < -0.39 is 0 Å². The van der Waals surface area contributed by atoms with Crippen LogP contribution in [0.5, 0.6) is 0 Å². The fraction of sp³-hybridized carbons (Fsp3) is 0.176. The SMILES string of the molecule is Cc1ccc(F)cc1NC(=O)CCc1nc2ccccc2o1. The molecule has 0 aliphatic heterocycles. The fourth-order valence-corrected chi connectivity index (χ4v) is 2.19. The Labute approximate surface area is 127 Å². The van der Waals surface area contributed by atoms with Gasteiger partial charge in [0.2, 0.25) is 5.91 Å². The van der Waals surface area contributed by atoms with Crippen LogP contribution in [0.15, 0.2) is 46.9 Å². The van der Waals surface area contributed by atoms with Gasteiger partial charge in [0.05, 0.1) is 0 Å². The van der Waals surface area contributed by atoms with Crippen molar-refractivity contribution >= 4 is 22.7 Å². The average molecular weight is 298 g/mol. The van der Waals surface area contributed by atoms with E-state index in [2.05, 4.69) is 10.3 Å². The van der Waals surface area contributed by atoms with Crippen LogP contribution < -0.4 is 5.32 Å². The lowest BCUT2D eigenvalue weighted by atomic mass is 10.2. The smallest absolute Gasteiger partial charge is 0.224 e. The van der Waals surface area contributed by atoms with Crippen LogP contribution in [0.3, 0.4) is 0 Å². The van der Waals surface area contributed by atoms with Gasteiger partial charge in [0, 0.05) is 18.5 Å². The second-order valence-corrected chi connectivity index (χ2v) is 5.08. The first-order valence-electron chi connectivity index (χ1n) is 7.02. The number of halogens is 1. The number of oxazole rings is 1. The average Bonchev–Trinajstić information content (AvgIpc) is 2.92. The summed E-state index contributed by atoms with van der Waals surface area (Å²) in [6.45, 7) is 1.82. The molecule has 4 nitrogen and oxygen atoms in total. The number of aryl methyl sites for hydroxylation is 2. The van der Waals surface area contributed by atoms with Gasteiger partial charge in [0.1, 0.15) is 11.3 Å². The van der Waals surface area contributed by atoms with E-state index in [1.54, 1.807) is 6.07 Å². The maximum Gasteiger partial charge on any atom is 0.224 e. The van der Waals surface area contributed by atoms with Crippen molar-refractivity contribution in [3.63, 3.8) is 0 Å². The molecule has 0 unspecified atom stereocenters. The normalized spacial score (nSPS) is 10.8. The zero-order chi connectivity index (χ0) is 15.5. The molecule has 1 amide bonds. The third kappa shape index (κ3) is 3.14. The van der Waals surface area contributed by atoms with Crippen LogP contribution in [0.25, 0.3) is 11.1 Å². The third-order valence-electron chi connectivity index (χ3n) is 3.38. The maximum atomic E-state index is 13.2. The predicted octanol–water partition coefficient (Wildman–Crippen LogP) is 3.85. The Bertz CT molecular complexity index is 793. The van der Waals surface area contributed by atoms with Crippen molar-refractivity contribution in [3.05, 3.63) is 59.7 Å². The number of amides is 1. The van der Waals surface area contributed by atoms with Crippen LogP contribution in [0, 0.1) is 12.7 Å². The summed E-state index contributed by atoms with van der Waals surface area (Å²) in [7, 11) is 0. The summed E-state index contributed by atoms with van der Waals surface area (Å²) < 4.78 is 18.8. The summed E-state index contributed by atoms with van der Waals surface area (Å²) in [5.74, 6) is -0.0527. The standard InChI is InChI=1S/C17H15FN2O2/c1-11-6-7-12(18)10-14(11)19-16(21)8-9-17-20-13-4-2-3-5-15(13)22-17/h2-7,10H,8-9H2,1H3,(H,19,21). The lowest BCUT2D eigenvalue weighted by Crippen LogP contribution is -2.13. The quantitative estimate of drug-likeness (QED) is 0.796. The second-order valence-electron chi connectivity index (χ2n) is 5.08. The number of nitrogens with one attached hydrogen (secondary N) is 1. The molecule has 5 heteroatoms. The molecule has 112 valence electrons. The third-order valence-corrected chi connectivity index (χ3v) is 3.38. The highest BCUT2D eigenvalue weighted by molar-refractivity contribution is 5.91. The van der Waals surface area contributed by atoms with Crippen LogP contribution in [-0.4, -0.2) is 10.9 Å². The Kier molecular flexibility index (Phi) is 3.87. The molecule has 0 aliphatic carbocycles. The molecule has 0 spiro atoms. The van der Waals surface area contributed by atoms with E-state index in [9.17, 15) is 9.18 Å². The van der Waals surface area contributed by atoms with Crippen molar-refractivity contribution in [2.75, 3.05) is 5.32 Å². The molecule has 1 aromatic heterocycles. The van der Waals surface area contributed by atoms with Crippen LogP contribution in [-0.2, 0) is 11.2 Å². The summed E-state index contributed by atoms with van der Waals surface area (Å²) >= 11 is 0. The van der Waals surface area contributed by atoms with Crippen molar-refractivity contribution < 1.29 is 13.6 Å². The highest BCUT2D eigenvalue weighted by atomic mass is 19.1. The highest BCUT2D eigenvalue weighted by Crippen LogP contribution is 2.18. The number of hydrogen-bond acceptors (Lipinski definition) is 3. The lowest BCUT2D eigenvalue weighted by molar-refractivity contribution is -0.116. The van der Waals surface area contributed by atoms with E-state index in [0.29, 0.717) is 23.6 Å². The second kappa shape index (κ2) is 5.97. The fourth-order valence-electron chi connectivity index (χ4n) is 2.19. The van der Waals surface area contributed by atoms with E-state index in [1.165, 1.54) is 12.1 Å². The van der Waals surface area contributed by atoms with Gasteiger partial charge in [-0.05, 0) is 36.8 Å². The number of nitrogens with zero attached hydrogens (tertiary/aromatic N) is 1. The van der Waals surface area contributed by atoms with E-state index in [-0.39, 0.29) is 18.1 Å². The van der Waals surface area contributed by atoms with Gasteiger partial charge >= 0.3 is 0 Å². The molecular formula is C17H15FN2O2. The van der Waals surface area contributed by atoms with Crippen molar-refractivity contribution in [3.8, 4) is 0 Å². The Morgan fingerprint density at radius 1 is 1.27 bits per heavy atom. The number of carbonyl (C=O) groups excluding carboxylic acids is 1. The molecule has 1 N–H and O–H groups in total. The number of anilines is 1. The summed E-state index contributed by atoms with van der Waals surface area (Å²) in [5.41, 5.74) is 2.79. The van der Waals surface area contributed by atoms with Crippen molar-refractivity contribution in [2.45, 2.75) is 19.8 Å². The number of rotatable bonds is 4. The van der Waals surface area contributed by atoms with E-state index in [1.807, 2.05) is 31.2 Å².